The third-order valence-electron chi connectivity index (χ3n) is 5.94. The van der Waals surface area contributed by atoms with Crippen molar-refractivity contribution in [3.8, 4) is 5.75 Å². The molecule has 180 valence electrons. The predicted octanol–water partition coefficient (Wildman–Crippen LogP) is 3.06. The van der Waals surface area contributed by atoms with Gasteiger partial charge < -0.3 is 14.5 Å². The second-order valence-corrected chi connectivity index (χ2v) is 10.3. The molecule has 1 fully saturated rings. The largest absolute Gasteiger partial charge is 0.484 e. The summed E-state index contributed by atoms with van der Waals surface area (Å²) < 4.78 is 38.5. The number of sulfonamides is 1. The summed E-state index contributed by atoms with van der Waals surface area (Å²) in [7, 11) is -3.51. The van der Waals surface area contributed by atoms with Crippen LogP contribution >= 0.6 is 0 Å². The monoisotopic (exact) mass is 484 g/mol. The van der Waals surface area contributed by atoms with Crippen LogP contribution in [0.5, 0.6) is 5.75 Å². The van der Waals surface area contributed by atoms with Crippen LogP contribution in [0, 0.1) is 6.92 Å². The van der Waals surface area contributed by atoms with Gasteiger partial charge in [-0.1, -0.05) is 25.0 Å². The number of nitrogens with one attached hydrogen (secondary N) is 2. The molecular formula is C25H28N2O6S. The number of aryl methyl sites for hydroxylation is 1. The first kappa shape index (κ1) is 24.0. The number of hydrogen-bond donors (Lipinski definition) is 2. The molecule has 8 nitrogen and oxygen atoms in total. The van der Waals surface area contributed by atoms with Crippen LogP contribution in [0.15, 0.2) is 62.6 Å². The van der Waals surface area contributed by atoms with E-state index in [0.717, 1.165) is 42.2 Å². The molecule has 1 aromatic heterocycles. The first-order valence-electron chi connectivity index (χ1n) is 11.4. The number of fused-ring (bicyclic) bond motifs is 1. The highest BCUT2D eigenvalue weighted by Crippen LogP contribution is 2.22. The Labute approximate surface area is 198 Å². The van der Waals surface area contributed by atoms with E-state index in [1.165, 1.54) is 6.07 Å². The van der Waals surface area contributed by atoms with E-state index in [2.05, 4.69) is 10.0 Å². The number of amides is 1. The van der Waals surface area contributed by atoms with Crippen LogP contribution in [0.4, 0.5) is 0 Å². The van der Waals surface area contributed by atoms with Crippen LogP contribution in [0.1, 0.15) is 36.8 Å². The van der Waals surface area contributed by atoms with Gasteiger partial charge in [0.2, 0.25) is 10.0 Å². The highest BCUT2D eigenvalue weighted by Gasteiger charge is 2.22. The second kappa shape index (κ2) is 10.4. The summed E-state index contributed by atoms with van der Waals surface area (Å²) in [4.78, 5) is 23.9. The fraction of sp³-hybridized carbons (Fsp3) is 0.360. The van der Waals surface area contributed by atoms with Crippen LogP contribution in [-0.4, -0.2) is 33.5 Å². The molecule has 0 atom stereocenters. The Bertz CT molecular complexity index is 1330. The van der Waals surface area contributed by atoms with Crippen LogP contribution in [0.3, 0.4) is 0 Å². The van der Waals surface area contributed by atoms with Crippen molar-refractivity contribution in [1.29, 1.82) is 0 Å². The normalized spacial score (nSPS) is 14.4. The molecule has 4 rings (SSSR count). The minimum Gasteiger partial charge on any atom is -0.484 e. The smallest absolute Gasteiger partial charge is 0.336 e. The average Bonchev–Trinajstić information content (AvgIpc) is 3.30. The van der Waals surface area contributed by atoms with Crippen LogP contribution in [0.25, 0.3) is 11.0 Å². The molecule has 1 amide bonds. The van der Waals surface area contributed by atoms with E-state index in [4.69, 9.17) is 9.15 Å². The molecule has 0 saturated heterocycles. The van der Waals surface area contributed by atoms with Gasteiger partial charge in [0.05, 0.1) is 4.90 Å². The summed E-state index contributed by atoms with van der Waals surface area (Å²) in [5, 5.41) is 3.59. The van der Waals surface area contributed by atoms with Crippen molar-refractivity contribution in [3.05, 3.63) is 70.1 Å². The summed E-state index contributed by atoms with van der Waals surface area (Å²) in [5.41, 5.74) is 1.70. The van der Waals surface area contributed by atoms with Gasteiger partial charge in [0.1, 0.15) is 11.3 Å². The topological polar surface area (TPSA) is 115 Å². The zero-order valence-electron chi connectivity index (χ0n) is 19.0. The Hall–Kier alpha value is -3.17. The number of benzene rings is 2. The molecule has 0 spiro atoms. The molecule has 9 heteroatoms. The van der Waals surface area contributed by atoms with E-state index in [1.807, 2.05) is 6.92 Å². The van der Waals surface area contributed by atoms with Crippen LogP contribution < -0.4 is 20.4 Å². The molecule has 0 aliphatic heterocycles. The molecule has 3 aromatic rings. The maximum Gasteiger partial charge on any atom is 0.336 e. The molecule has 2 N–H and O–H groups in total. The molecule has 2 aromatic carbocycles. The Morgan fingerprint density at radius 2 is 1.82 bits per heavy atom. The van der Waals surface area contributed by atoms with Crippen molar-refractivity contribution in [3.63, 3.8) is 0 Å². The number of hydrogen-bond acceptors (Lipinski definition) is 6. The zero-order chi connectivity index (χ0) is 24.1. The minimum absolute atomic E-state index is 0.0272. The Morgan fingerprint density at radius 1 is 1.09 bits per heavy atom. The van der Waals surface area contributed by atoms with Crippen molar-refractivity contribution in [2.45, 2.75) is 50.0 Å². The minimum atomic E-state index is -3.51. The highest BCUT2D eigenvalue weighted by molar-refractivity contribution is 7.89. The van der Waals surface area contributed by atoms with E-state index in [1.54, 1.807) is 42.5 Å². The molecule has 0 bridgehead atoms. The number of rotatable bonds is 9. The van der Waals surface area contributed by atoms with Gasteiger partial charge in [-0.05, 0) is 61.6 Å². The lowest BCUT2D eigenvalue weighted by atomic mass is 10.1. The van der Waals surface area contributed by atoms with E-state index in [9.17, 15) is 18.0 Å². The average molecular weight is 485 g/mol. The summed E-state index contributed by atoms with van der Waals surface area (Å²) >= 11 is 0. The van der Waals surface area contributed by atoms with Crippen molar-refractivity contribution in [2.75, 3.05) is 13.2 Å². The first-order chi connectivity index (χ1) is 16.3. The summed E-state index contributed by atoms with van der Waals surface area (Å²) in [6.07, 6.45) is 4.45. The summed E-state index contributed by atoms with van der Waals surface area (Å²) in [6, 6.07) is 13.3. The third-order valence-corrected chi connectivity index (χ3v) is 7.48. The van der Waals surface area contributed by atoms with Crippen LogP contribution in [0.2, 0.25) is 0 Å². The Balaban J connectivity index is 1.24. The first-order valence-corrected chi connectivity index (χ1v) is 12.8. The maximum atomic E-state index is 12.5. The number of ether oxygens (including phenoxy) is 1. The van der Waals surface area contributed by atoms with Crippen LogP contribution in [-0.2, 0) is 21.2 Å². The third kappa shape index (κ3) is 6.03. The summed E-state index contributed by atoms with van der Waals surface area (Å²) in [6.45, 7) is 2.04. The fourth-order valence-electron chi connectivity index (χ4n) is 4.11. The number of carbonyl (C=O) groups excluding carboxylic acids is 1. The van der Waals surface area contributed by atoms with Crippen molar-refractivity contribution < 1.29 is 22.4 Å². The molecule has 1 aliphatic carbocycles. The standard InChI is InChI=1S/C25H28N2O6S/c1-17-14-25(29)33-23-15-20(8-11-22(17)23)32-16-24(28)26-13-12-18-6-9-21(10-7-18)34(30,31)27-19-4-2-3-5-19/h6-11,14-15,19,27H,2-5,12-13,16H2,1H3,(H,26,28). The predicted molar refractivity (Wildman–Crippen MR) is 128 cm³/mol. The molecule has 0 radical (unpaired) electrons. The molecule has 1 saturated carbocycles. The molecule has 1 heterocycles. The van der Waals surface area contributed by atoms with Crippen molar-refractivity contribution in [2.24, 2.45) is 0 Å². The van der Waals surface area contributed by atoms with Gasteiger partial charge >= 0.3 is 5.63 Å². The SMILES string of the molecule is Cc1cc(=O)oc2cc(OCC(=O)NCCc3ccc(S(=O)(=O)NC4CCCC4)cc3)ccc12. The van der Waals surface area contributed by atoms with Gasteiger partial charge in [0.15, 0.2) is 6.61 Å². The quantitative estimate of drug-likeness (QED) is 0.451. The van der Waals surface area contributed by atoms with Gasteiger partial charge in [-0.15, -0.1) is 0 Å². The zero-order valence-corrected chi connectivity index (χ0v) is 19.8. The lowest BCUT2D eigenvalue weighted by molar-refractivity contribution is -0.123. The van der Waals surface area contributed by atoms with E-state index in [-0.39, 0.29) is 23.5 Å². The maximum absolute atomic E-state index is 12.5. The summed E-state index contributed by atoms with van der Waals surface area (Å²) in [5.74, 6) is 0.144. The van der Waals surface area contributed by atoms with E-state index >= 15 is 0 Å². The second-order valence-electron chi connectivity index (χ2n) is 8.54. The Morgan fingerprint density at radius 3 is 2.56 bits per heavy atom. The van der Waals surface area contributed by atoms with Gasteiger partial charge in [0.25, 0.3) is 5.91 Å². The molecule has 34 heavy (non-hydrogen) atoms. The van der Waals surface area contributed by atoms with E-state index < -0.39 is 15.6 Å². The molecule has 0 unspecified atom stereocenters. The lowest BCUT2D eigenvalue weighted by Gasteiger charge is -2.13. The fourth-order valence-corrected chi connectivity index (χ4v) is 5.41. The molecular weight excluding hydrogens is 456 g/mol. The van der Waals surface area contributed by atoms with Gasteiger partial charge in [-0.3, -0.25) is 4.79 Å². The van der Waals surface area contributed by atoms with E-state index in [0.29, 0.717) is 24.3 Å². The van der Waals surface area contributed by atoms with Gasteiger partial charge in [-0.2, -0.15) is 0 Å². The Kier molecular flexibility index (Phi) is 7.33. The van der Waals surface area contributed by atoms with Crippen molar-refractivity contribution in [1.82, 2.24) is 10.0 Å². The lowest BCUT2D eigenvalue weighted by Crippen LogP contribution is -2.32. The van der Waals surface area contributed by atoms with Gasteiger partial charge in [0, 0.05) is 30.1 Å². The molecule has 1 aliphatic rings. The highest BCUT2D eigenvalue weighted by atomic mass is 32.2. The van der Waals surface area contributed by atoms with Gasteiger partial charge in [-0.25, -0.2) is 17.9 Å². The van der Waals surface area contributed by atoms with Crippen molar-refractivity contribution >= 4 is 26.9 Å². The number of carbonyl (C=O) groups is 1.